The normalized spacial score (nSPS) is 10.4. The first-order valence-corrected chi connectivity index (χ1v) is 8.47. The minimum absolute atomic E-state index is 0.0787. The minimum Gasteiger partial charge on any atom is -0.484 e. The van der Waals surface area contributed by atoms with Crippen molar-refractivity contribution >= 4 is 18.1 Å². The van der Waals surface area contributed by atoms with Gasteiger partial charge in [-0.1, -0.05) is 42.5 Å². The number of aromatic nitrogens is 2. The van der Waals surface area contributed by atoms with Crippen molar-refractivity contribution in [1.29, 1.82) is 5.26 Å². The number of nitrogens with two attached hydrogens (primary N) is 1. The molecule has 0 bridgehead atoms. The van der Waals surface area contributed by atoms with E-state index in [4.69, 9.17) is 10.5 Å². The van der Waals surface area contributed by atoms with E-state index in [2.05, 4.69) is 20.5 Å². The van der Waals surface area contributed by atoms with Gasteiger partial charge < -0.3 is 10.5 Å². The molecule has 0 atom stereocenters. The van der Waals surface area contributed by atoms with Gasteiger partial charge in [-0.15, -0.1) is 0 Å². The number of nitriles is 1. The first-order valence-electron chi connectivity index (χ1n) is 8.47. The number of aromatic amines is 1. The van der Waals surface area contributed by atoms with E-state index in [1.165, 1.54) is 6.21 Å². The SMILES string of the molecule is N#Cc1c(-c2ccccc2)nc(NN=Cc2cccc(OCC(N)=O)c2)[nH]c1=O. The topological polar surface area (TPSA) is 146 Å². The maximum Gasteiger partial charge on any atom is 0.270 e. The standard InChI is InChI=1S/C20H16N6O3/c21-10-16-18(14-6-2-1-3-7-14)24-20(25-19(16)28)26-23-11-13-5-4-8-15(9-13)29-12-17(22)27/h1-9,11H,12H2,(H2,22,27)(H2,24,25,26,28). The van der Waals surface area contributed by atoms with Gasteiger partial charge in [0.25, 0.3) is 11.5 Å². The summed E-state index contributed by atoms with van der Waals surface area (Å²) in [7, 11) is 0. The van der Waals surface area contributed by atoms with Crippen LogP contribution in [-0.2, 0) is 4.79 Å². The average Bonchev–Trinajstić information content (AvgIpc) is 2.73. The number of primary amides is 1. The number of amides is 1. The fourth-order valence-electron chi connectivity index (χ4n) is 2.44. The molecule has 4 N–H and O–H groups in total. The van der Waals surface area contributed by atoms with Crippen LogP contribution in [0.3, 0.4) is 0 Å². The van der Waals surface area contributed by atoms with Crippen molar-refractivity contribution in [1.82, 2.24) is 9.97 Å². The summed E-state index contributed by atoms with van der Waals surface area (Å²) < 4.78 is 5.23. The molecule has 0 aliphatic rings. The molecular weight excluding hydrogens is 372 g/mol. The highest BCUT2D eigenvalue weighted by atomic mass is 16.5. The first-order chi connectivity index (χ1) is 14.1. The zero-order chi connectivity index (χ0) is 20.6. The number of rotatable bonds is 7. The number of hydrogen-bond donors (Lipinski definition) is 3. The van der Waals surface area contributed by atoms with Crippen molar-refractivity contribution in [2.75, 3.05) is 12.0 Å². The van der Waals surface area contributed by atoms with Crippen LogP contribution in [0.2, 0.25) is 0 Å². The Morgan fingerprint density at radius 1 is 1.28 bits per heavy atom. The summed E-state index contributed by atoms with van der Waals surface area (Å²) in [5, 5.41) is 13.3. The number of carbonyl (C=O) groups excluding carboxylic acids is 1. The molecule has 0 aliphatic carbocycles. The molecule has 1 amide bonds. The molecule has 1 heterocycles. The molecule has 2 aromatic carbocycles. The van der Waals surface area contributed by atoms with E-state index in [1.807, 2.05) is 12.1 Å². The van der Waals surface area contributed by atoms with Gasteiger partial charge in [-0.25, -0.2) is 10.4 Å². The van der Waals surface area contributed by atoms with E-state index >= 15 is 0 Å². The Morgan fingerprint density at radius 2 is 2.07 bits per heavy atom. The number of anilines is 1. The smallest absolute Gasteiger partial charge is 0.270 e. The largest absolute Gasteiger partial charge is 0.484 e. The zero-order valence-electron chi connectivity index (χ0n) is 15.1. The highest BCUT2D eigenvalue weighted by molar-refractivity contribution is 5.81. The number of nitrogens with zero attached hydrogens (tertiary/aromatic N) is 3. The van der Waals surface area contributed by atoms with Gasteiger partial charge in [0.05, 0.1) is 11.9 Å². The second-order valence-electron chi connectivity index (χ2n) is 5.81. The van der Waals surface area contributed by atoms with E-state index < -0.39 is 11.5 Å². The lowest BCUT2D eigenvalue weighted by Crippen LogP contribution is -2.20. The second kappa shape index (κ2) is 8.96. The number of ether oxygens (including phenoxy) is 1. The molecule has 0 unspecified atom stereocenters. The van der Waals surface area contributed by atoms with Crippen LogP contribution in [0.4, 0.5) is 5.95 Å². The molecule has 1 aromatic heterocycles. The van der Waals surface area contributed by atoms with Gasteiger partial charge in [0.2, 0.25) is 5.95 Å². The molecule has 3 rings (SSSR count). The van der Waals surface area contributed by atoms with Crippen LogP contribution in [-0.4, -0.2) is 28.7 Å². The van der Waals surface area contributed by atoms with Crippen LogP contribution >= 0.6 is 0 Å². The summed E-state index contributed by atoms with van der Waals surface area (Å²) in [4.78, 5) is 29.8. The third-order valence-corrected chi connectivity index (χ3v) is 3.70. The highest BCUT2D eigenvalue weighted by Crippen LogP contribution is 2.19. The van der Waals surface area contributed by atoms with Crippen molar-refractivity contribution in [3.05, 3.63) is 76.1 Å². The van der Waals surface area contributed by atoms with E-state index in [-0.39, 0.29) is 23.8 Å². The van der Waals surface area contributed by atoms with Crippen molar-refractivity contribution in [2.24, 2.45) is 10.8 Å². The molecule has 9 heteroatoms. The minimum atomic E-state index is -0.573. The Hall–Kier alpha value is -4.45. The second-order valence-corrected chi connectivity index (χ2v) is 5.81. The Bertz CT molecular complexity index is 1150. The Balaban J connectivity index is 1.80. The van der Waals surface area contributed by atoms with Crippen LogP contribution in [0.5, 0.6) is 5.75 Å². The van der Waals surface area contributed by atoms with E-state index in [0.29, 0.717) is 16.9 Å². The summed E-state index contributed by atoms with van der Waals surface area (Å²) >= 11 is 0. The number of nitrogens with one attached hydrogen (secondary N) is 2. The fourth-order valence-corrected chi connectivity index (χ4v) is 2.44. The van der Waals surface area contributed by atoms with Crippen molar-refractivity contribution < 1.29 is 9.53 Å². The third-order valence-electron chi connectivity index (χ3n) is 3.70. The van der Waals surface area contributed by atoms with Gasteiger partial charge in [0.1, 0.15) is 17.4 Å². The molecule has 0 fully saturated rings. The quantitative estimate of drug-likeness (QED) is 0.414. The van der Waals surface area contributed by atoms with Crippen molar-refractivity contribution in [3.63, 3.8) is 0 Å². The monoisotopic (exact) mass is 388 g/mol. The number of hydrogen-bond acceptors (Lipinski definition) is 7. The zero-order valence-corrected chi connectivity index (χ0v) is 15.1. The molecule has 0 saturated carbocycles. The predicted octanol–water partition coefficient (Wildman–Crippen LogP) is 1.62. The van der Waals surface area contributed by atoms with Gasteiger partial charge in [-0.2, -0.15) is 10.4 Å². The molecular formula is C20H16N6O3. The molecule has 0 radical (unpaired) electrons. The van der Waals surface area contributed by atoms with Gasteiger partial charge in [0, 0.05) is 5.56 Å². The molecule has 0 saturated heterocycles. The van der Waals surface area contributed by atoms with Gasteiger partial charge >= 0.3 is 0 Å². The molecule has 144 valence electrons. The average molecular weight is 388 g/mol. The van der Waals surface area contributed by atoms with Crippen LogP contribution in [0.15, 0.2) is 64.5 Å². The maximum absolute atomic E-state index is 12.2. The van der Waals surface area contributed by atoms with E-state index in [1.54, 1.807) is 48.5 Å². The van der Waals surface area contributed by atoms with Crippen LogP contribution in [0.25, 0.3) is 11.3 Å². The van der Waals surface area contributed by atoms with Crippen molar-refractivity contribution in [2.45, 2.75) is 0 Å². The predicted molar refractivity (Wildman–Crippen MR) is 107 cm³/mol. The number of benzene rings is 2. The maximum atomic E-state index is 12.2. The number of H-pyrrole nitrogens is 1. The van der Waals surface area contributed by atoms with Crippen LogP contribution in [0.1, 0.15) is 11.1 Å². The number of carbonyl (C=O) groups is 1. The van der Waals surface area contributed by atoms with Gasteiger partial charge in [-0.05, 0) is 17.7 Å². The van der Waals surface area contributed by atoms with Crippen LogP contribution < -0.4 is 21.5 Å². The van der Waals surface area contributed by atoms with Crippen molar-refractivity contribution in [3.8, 4) is 23.1 Å². The number of hydrazone groups is 1. The van der Waals surface area contributed by atoms with E-state index in [9.17, 15) is 14.9 Å². The summed E-state index contributed by atoms with van der Waals surface area (Å²) in [5.74, 6) is -0.0231. The van der Waals surface area contributed by atoms with E-state index in [0.717, 1.165) is 0 Å². The van der Waals surface area contributed by atoms with Gasteiger partial charge in [0.15, 0.2) is 6.61 Å². The third kappa shape index (κ3) is 5.05. The molecule has 0 spiro atoms. The molecule has 0 aliphatic heterocycles. The highest BCUT2D eigenvalue weighted by Gasteiger charge is 2.12. The molecule has 29 heavy (non-hydrogen) atoms. The summed E-state index contributed by atoms with van der Waals surface area (Å²) in [6.45, 7) is -0.225. The Morgan fingerprint density at radius 3 is 2.79 bits per heavy atom. The Labute approximate surface area is 165 Å². The summed E-state index contributed by atoms with van der Waals surface area (Å²) in [6, 6.07) is 17.6. The fraction of sp³-hybridized carbons (Fsp3) is 0.0500. The lowest BCUT2D eigenvalue weighted by molar-refractivity contribution is -0.119. The lowest BCUT2D eigenvalue weighted by atomic mass is 10.1. The molecule has 3 aromatic rings. The van der Waals surface area contributed by atoms with Gasteiger partial charge in [-0.3, -0.25) is 14.6 Å². The summed E-state index contributed by atoms with van der Waals surface area (Å²) in [6.07, 6.45) is 1.48. The summed E-state index contributed by atoms with van der Waals surface area (Å²) in [5.41, 5.74) is 8.63. The Kier molecular flexibility index (Phi) is 5.97. The lowest BCUT2D eigenvalue weighted by Gasteiger charge is -2.06. The first kappa shape index (κ1) is 19.3. The van der Waals surface area contributed by atoms with Crippen LogP contribution in [0, 0.1) is 11.3 Å². The molecule has 9 nitrogen and oxygen atoms in total.